The lowest BCUT2D eigenvalue weighted by molar-refractivity contribution is 0.276. The molecule has 8 heteroatoms. The van der Waals surface area contributed by atoms with Crippen LogP contribution in [0.3, 0.4) is 0 Å². The number of hydrogen-bond acceptors (Lipinski definition) is 5. The zero-order valence-corrected chi connectivity index (χ0v) is 9.26. The molecule has 86 valence electrons. The van der Waals surface area contributed by atoms with E-state index >= 15 is 0 Å². The number of H-pyrrole nitrogens is 1. The van der Waals surface area contributed by atoms with Gasteiger partial charge < -0.3 is 5.11 Å². The molecule has 3 heterocycles. The van der Waals surface area contributed by atoms with Crippen molar-refractivity contribution in [3.05, 3.63) is 29.4 Å². The summed E-state index contributed by atoms with van der Waals surface area (Å²) >= 11 is 5.91. The summed E-state index contributed by atoms with van der Waals surface area (Å²) in [6.07, 6.45) is 4.60. The topological polar surface area (TPSA) is 92.5 Å². The molecular weight excluding hydrogens is 244 g/mol. The first-order valence-corrected chi connectivity index (χ1v) is 5.16. The number of nitrogens with one attached hydrogen (secondary N) is 1. The number of hydrogen-bond donors (Lipinski definition) is 2. The molecule has 3 aromatic rings. The summed E-state index contributed by atoms with van der Waals surface area (Å²) in [7, 11) is 0. The first-order valence-electron chi connectivity index (χ1n) is 4.79. The molecule has 0 bridgehead atoms. The van der Waals surface area contributed by atoms with E-state index in [1.165, 1.54) is 11.0 Å². The molecule has 0 spiro atoms. The Bertz CT molecular complexity index is 675. The van der Waals surface area contributed by atoms with E-state index in [0.717, 1.165) is 5.39 Å². The Kier molecular flexibility index (Phi) is 2.27. The third-order valence-corrected chi connectivity index (χ3v) is 2.65. The zero-order chi connectivity index (χ0) is 11.8. The van der Waals surface area contributed by atoms with Crippen LogP contribution in [0.4, 0.5) is 0 Å². The standard InChI is InChI=1S/C9H7ClN6O/c10-6-2-16(15-7(6)3-17)9-5-1-13-14-8(5)11-4-12-9/h1-2,4,17H,3H2,(H,11,12,13,14). The van der Waals surface area contributed by atoms with Gasteiger partial charge in [-0.25, -0.2) is 14.6 Å². The summed E-state index contributed by atoms with van der Waals surface area (Å²) in [4.78, 5) is 8.15. The van der Waals surface area contributed by atoms with Gasteiger partial charge in [0.1, 0.15) is 12.0 Å². The summed E-state index contributed by atoms with van der Waals surface area (Å²) in [5.41, 5.74) is 1.02. The fourth-order valence-electron chi connectivity index (χ4n) is 1.54. The Morgan fingerprint density at radius 2 is 2.29 bits per heavy atom. The molecule has 2 N–H and O–H groups in total. The van der Waals surface area contributed by atoms with Crippen molar-refractivity contribution in [1.29, 1.82) is 0 Å². The van der Waals surface area contributed by atoms with E-state index in [2.05, 4.69) is 25.3 Å². The van der Waals surface area contributed by atoms with E-state index < -0.39 is 0 Å². The monoisotopic (exact) mass is 250 g/mol. The van der Waals surface area contributed by atoms with Crippen LogP contribution in [0.2, 0.25) is 5.02 Å². The number of aliphatic hydroxyl groups excluding tert-OH is 1. The van der Waals surface area contributed by atoms with Gasteiger partial charge in [0.15, 0.2) is 11.5 Å². The molecule has 0 fully saturated rings. The molecular formula is C9H7ClN6O. The van der Waals surface area contributed by atoms with Crippen LogP contribution in [-0.4, -0.2) is 35.1 Å². The van der Waals surface area contributed by atoms with Crippen LogP contribution in [-0.2, 0) is 6.61 Å². The molecule has 7 nitrogen and oxygen atoms in total. The van der Waals surface area contributed by atoms with Gasteiger partial charge in [0.25, 0.3) is 0 Å². The summed E-state index contributed by atoms with van der Waals surface area (Å²) in [6.45, 7) is -0.217. The maximum Gasteiger partial charge on any atom is 0.167 e. The Balaban J connectivity index is 2.23. The molecule has 3 aromatic heterocycles. The Morgan fingerprint density at radius 3 is 3.06 bits per heavy atom. The van der Waals surface area contributed by atoms with Gasteiger partial charge in [0.05, 0.1) is 29.4 Å². The normalized spacial score (nSPS) is 11.2. The summed E-state index contributed by atoms with van der Waals surface area (Å²) < 4.78 is 1.49. The van der Waals surface area contributed by atoms with Crippen molar-refractivity contribution >= 4 is 22.6 Å². The molecule has 0 atom stereocenters. The molecule has 0 amide bonds. The SMILES string of the molecule is OCc1nn(-c2ncnc3[nH]ncc23)cc1Cl. The van der Waals surface area contributed by atoms with E-state index in [1.54, 1.807) is 12.4 Å². The van der Waals surface area contributed by atoms with Crippen molar-refractivity contribution < 1.29 is 5.11 Å². The van der Waals surface area contributed by atoms with E-state index in [9.17, 15) is 0 Å². The molecule has 0 aliphatic heterocycles. The highest BCUT2D eigenvalue weighted by atomic mass is 35.5. The first-order chi connectivity index (χ1) is 8.29. The molecule has 0 aliphatic rings. The van der Waals surface area contributed by atoms with Gasteiger partial charge in [0, 0.05) is 0 Å². The van der Waals surface area contributed by atoms with Gasteiger partial charge in [0.2, 0.25) is 0 Å². The third-order valence-electron chi connectivity index (χ3n) is 2.33. The van der Waals surface area contributed by atoms with Gasteiger partial charge in [-0.3, -0.25) is 5.10 Å². The van der Waals surface area contributed by atoms with E-state index in [0.29, 0.717) is 22.2 Å². The van der Waals surface area contributed by atoms with Crippen LogP contribution in [0.15, 0.2) is 18.7 Å². The molecule has 0 aliphatic carbocycles. The molecule has 0 saturated heterocycles. The van der Waals surface area contributed by atoms with Crippen molar-refractivity contribution in [3.8, 4) is 5.82 Å². The number of aromatic amines is 1. The van der Waals surface area contributed by atoms with Gasteiger partial charge >= 0.3 is 0 Å². The lowest BCUT2D eigenvalue weighted by Gasteiger charge is -1.99. The van der Waals surface area contributed by atoms with Crippen molar-refractivity contribution in [2.75, 3.05) is 0 Å². The second-order valence-corrected chi connectivity index (χ2v) is 3.76. The maximum absolute atomic E-state index is 9.04. The van der Waals surface area contributed by atoms with E-state index in [4.69, 9.17) is 16.7 Å². The van der Waals surface area contributed by atoms with Gasteiger partial charge in [-0.2, -0.15) is 10.2 Å². The second-order valence-electron chi connectivity index (χ2n) is 3.36. The van der Waals surface area contributed by atoms with Crippen LogP contribution >= 0.6 is 11.6 Å². The number of aliphatic hydroxyl groups is 1. The van der Waals surface area contributed by atoms with Crippen molar-refractivity contribution in [2.45, 2.75) is 6.61 Å². The first kappa shape index (κ1) is 10.2. The highest BCUT2D eigenvalue weighted by Crippen LogP contribution is 2.20. The molecule has 0 saturated carbocycles. The number of aromatic nitrogens is 6. The minimum atomic E-state index is -0.217. The van der Waals surface area contributed by atoms with Crippen LogP contribution in [0.1, 0.15) is 5.69 Å². The van der Waals surface area contributed by atoms with Gasteiger partial charge in [-0.1, -0.05) is 11.6 Å². The highest BCUT2D eigenvalue weighted by molar-refractivity contribution is 6.31. The predicted molar refractivity (Wildman–Crippen MR) is 59.7 cm³/mol. The van der Waals surface area contributed by atoms with E-state index in [-0.39, 0.29) is 6.61 Å². The molecule has 0 radical (unpaired) electrons. The van der Waals surface area contributed by atoms with Crippen LogP contribution in [0, 0.1) is 0 Å². The van der Waals surface area contributed by atoms with Crippen LogP contribution in [0.25, 0.3) is 16.9 Å². The zero-order valence-electron chi connectivity index (χ0n) is 8.50. The molecule has 3 rings (SSSR count). The van der Waals surface area contributed by atoms with Gasteiger partial charge in [-0.05, 0) is 0 Å². The number of fused-ring (bicyclic) bond motifs is 1. The maximum atomic E-state index is 9.04. The van der Waals surface area contributed by atoms with Crippen molar-refractivity contribution in [1.82, 2.24) is 29.9 Å². The van der Waals surface area contributed by atoms with Gasteiger partial charge in [-0.15, -0.1) is 0 Å². The van der Waals surface area contributed by atoms with E-state index in [1.807, 2.05) is 0 Å². The number of nitrogens with zero attached hydrogens (tertiary/aromatic N) is 5. The Morgan fingerprint density at radius 1 is 1.41 bits per heavy atom. The summed E-state index contributed by atoms with van der Waals surface area (Å²) in [6, 6.07) is 0. The molecule has 0 aromatic carbocycles. The fourth-order valence-corrected chi connectivity index (χ4v) is 1.73. The van der Waals surface area contributed by atoms with Crippen LogP contribution < -0.4 is 0 Å². The average molecular weight is 251 g/mol. The summed E-state index contributed by atoms with van der Waals surface area (Å²) in [5, 5.41) is 20.9. The average Bonchev–Trinajstić information content (AvgIpc) is 2.94. The van der Waals surface area contributed by atoms with Crippen molar-refractivity contribution in [2.24, 2.45) is 0 Å². The fraction of sp³-hybridized carbons (Fsp3) is 0.111. The largest absolute Gasteiger partial charge is 0.390 e. The highest BCUT2D eigenvalue weighted by Gasteiger charge is 2.11. The molecule has 17 heavy (non-hydrogen) atoms. The second kappa shape index (κ2) is 3.79. The van der Waals surface area contributed by atoms with Crippen molar-refractivity contribution in [3.63, 3.8) is 0 Å². The smallest absolute Gasteiger partial charge is 0.167 e. The molecule has 0 unspecified atom stereocenters. The minimum absolute atomic E-state index is 0.217. The Hall–Kier alpha value is -1.99. The lowest BCUT2D eigenvalue weighted by Crippen LogP contribution is -2.00. The predicted octanol–water partition coefficient (Wildman–Crippen LogP) is 0.684. The minimum Gasteiger partial charge on any atom is -0.390 e. The number of halogens is 1. The lowest BCUT2D eigenvalue weighted by atomic mass is 10.4. The number of rotatable bonds is 2. The third kappa shape index (κ3) is 1.56. The quantitative estimate of drug-likeness (QED) is 0.698. The Labute approximate surface area is 100 Å². The summed E-state index contributed by atoms with van der Waals surface area (Å²) in [5.74, 6) is 0.561. The van der Waals surface area contributed by atoms with Crippen LogP contribution in [0.5, 0.6) is 0 Å².